The number of anilines is 1. The van der Waals surface area contributed by atoms with E-state index in [0.29, 0.717) is 17.9 Å². The van der Waals surface area contributed by atoms with Crippen LogP contribution in [0, 0.1) is 0 Å². The number of carbonyl (C=O) groups excluding carboxylic acids is 2. The quantitative estimate of drug-likeness (QED) is 0.615. The van der Waals surface area contributed by atoms with Crippen LogP contribution in [0.5, 0.6) is 0 Å². The fourth-order valence-corrected chi connectivity index (χ4v) is 2.64. The number of hydrogen-bond acceptors (Lipinski definition) is 6. The predicted octanol–water partition coefficient (Wildman–Crippen LogP) is 2.27. The first-order valence-electron chi connectivity index (χ1n) is 9.24. The average Bonchev–Trinajstić information content (AvgIpc) is 3.21. The molecule has 3 rings (SSSR count). The van der Waals surface area contributed by atoms with Gasteiger partial charge in [-0.3, -0.25) is 9.59 Å². The van der Waals surface area contributed by atoms with Crippen LogP contribution in [0.2, 0.25) is 0 Å². The van der Waals surface area contributed by atoms with Gasteiger partial charge in [-0.1, -0.05) is 13.0 Å². The third-order valence-electron chi connectivity index (χ3n) is 3.98. The molecule has 0 radical (unpaired) electrons. The van der Waals surface area contributed by atoms with Gasteiger partial charge in [-0.15, -0.1) is 0 Å². The predicted molar refractivity (Wildman–Crippen MR) is 106 cm³/mol. The summed E-state index contributed by atoms with van der Waals surface area (Å²) in [5, 5.41) is 11.1. The van der Waals surface area contributed by atoms with Gasteiger partial charge in [0.05, 0.1) is 12.3 Å². The van der Waals surface area contributed by atoms with Crippen molar-refractivity contribution in [3.63, 3.8) is 0 Å². The number of nitrogens with one attached hydrogen (secondary N) is 1. The Bertz CT molecular complexity index is 1090. The van der Waals surface area contributed by atoms with Crippen molar-refractivity contribution >= 4 is 17.6 Å². The number of esters is 1. The number of hydrogen-bond donors (Lipinski definition) is 1. The van der Waals surface area contributed by atoms with Crippen LogP contribution in [0.15, 0.2) is 53.5 Å². The molecule has 0 aliphatic heterocycles. The zero-order valence-electron chi connectivity index (χ0n) is 16.2. The Kier molecular flexibility index (Phi) is 6.18. The molecule has 1 amide bonds. The molecule has 0 bridgehead atoms. The second kappa shape index (κ2) is 8.96. The minimum Gasteiger partial charge on any atom is -0.461 e. The Balaban J connectivity index is 1.78. The van der Waals surface area contributed by atoms with Gasteiger partial charge in [0.25, 0.3) is 11.5 Å². The van der Waals surface area contributed by atoms with Crippen molar-refractivity contribution in [2.75, 3.05) is 11.9 Å². The van der Waals surface area contributed by atoms with Crippen LogP contribution >= 0.6 is 0 Å². The molecule has 9 nitrogen and oxygen atoms in total. The Morgan fingerprint density at radius 3 is 2.66 bits per heavy atom. The summed E-state index contributed by atoms with van der Waals surface area (Å²) in [4.78, 5) is 36.1. The molecule has 0 spiro atoms. The van der Waals surface area contributed by atoms with Crippen LogP contribution in [0.25, 0.3) is 5.69 Å². The monoisotopic (exact) mass is 395 g/mol. The van der Waals surface area contributed by atoms with E-state index in [4.69, 9.17) is 4.74 Å². The van der Waals surface area contributed by atoms with Crippen molar-refractivity contribution in [1.82, 2.24) is 19.6 Å². The average molecular weight is 395 g/mol. The zero-order valence-corrected chi connectivity index (χ0v) is 16.2. The van der Waals surface area contributed by atoms with Gasteiger partial charge < -0.3 is 10.1 Å². The summed E-state index contributed by atoms with van der Waals surface area (Å²) in [6, 6.07) is 11.3. The molecule has 0 saturated carbocycles. The van der Waals surface area contributed by atoms with Crippen LogP contribution in [0.4, 0.5) is 5.69 Å². The van der Waals surface area contributed by atoms with Gasteiger partial charge in [0, 0.05) is 24.5 Å². The van der Waals surface area contributed by atoms with E-state index in [1.165, 1.54) is 21.5 Å². The summed E-state index contributed by atoms with van der Waals surface area (Å²) < 4.78 is 7.72. The lowest BCUT2D eigenvalue weighted by atomic mass is 10.2. The highest BCUT2D eigenvalue weighted by atomic mass is 16.5. The number of aromatic nitrogens is 4. The molecule has 29 heavy (non-hydrogen) atoms. The van der Waals surface area contributed by atoms with Crippen molar-refractivity contribution < 1.29 is 14.3 Å². The van der Waals surface area contributed by atoms with Gasteiger partial charge in [-0.05, 0) is 43.7 Å². The summed E-state index contributed by atoms with van der Waals surface area (Å²) in [5.41, 5.74) is 1.27. The molecule has 1 N–H and O–H groups in total. The number of rotatable bonds is 7. The molecule has 0 unspecified atom stereocenters. The zero-order chi connectivity index (χ0) is 20.8. The summed E-state index contributed by atoms with van der Waals surface area (Å²) >= 11 is 0. The standard InChI is InChI=1S/C20H21N5O4/c1-3-11-25-18(26)9-8-16(22-25)19(27)21-14-6-5-7-15(13-14)24-12-10-17(23-24)20(28)29-4-2/h5-10,12-13H,3-4,11H2,1-2H3,(H,21,27). The Labute approximate surface area is 166 Å². The second-order valence-corrected chi connectivity index (χ2v) is 6.15. The fourth-order valence-electron chi connectivity index (χ4n) is 2.64. The van der Waals surface area contributed by atoms with E-state index in [0.717, 1.165) is 6.42 Å². The lowest BCUT2D eigenvalue weighted by Crippen LogP contribution is -2.26. The fraction of sp³-hybridized carbons (Fsp3) is 0.250. The van der Waals surface area contributed by atoms with Crippen molar-refractivity contribution in [3.8, 4) is 5.69 Å². The Hall–Kier alpha value is -3.75. The van der Waals surface area contributed by atoms with E-state index in [1.807, 2.05) is 6.92 Å². The molecular weight excluding hydrogens is 374 g/mol. The molecule has 2 heterocycles. The van der Waals surface area contributed by atoms with Gasteiger partial charge >= 0.3 is 5.97 Å². The van der Waals surface area contributed by atoms with Gasteiger partial charge in [0.15, 0.2) is 5.69 Å². The van der Waals surface area contributed by atoms with Crippen LogP contribution < -0.4 is 10.9 Å². The molecule has 0 aliphatic rings. The minimum atomic E-state index is -0.496. The SMILES string of the molecule is CCCn1nc(C(=O)Nc2cccc(-n3ccc(C(=O)OCC)n3)c2)ccc1=O. The first kappa shape index (κ1) is 20.0. The number of aryl methyl sites for hydroxylation is 1. The third kappa shape index (κ3) is 4.75. The summed E-state index contributed by atoms with van der Waals surface area (Å²) in [5.74, 6) is -0.927. The molecule has 2 aromatic heterocycles. The lowest BCUT2D eigenvalue weighted by Gasteiger charge is -2.09. The Morgan fingerprint density at radius 1 is 1.07 bits per heavy atom. The van der Waals surface area contributed by atoms with Crippen LogP contribution in [0.3, 0.4) is 0 Å². The highest BCUT2D eigenvalue weighted by Crippen LogP contribution is 2.15. The second-order valence-electron chi connectivity index (χ2n) is 6.15. The number of amides is 1. The van der Waals surface area contributed by atoms with E-state index >= 15 is 0 Å². The highest BCUT2D eigenvalue weighted by Gasteiger charge is 2.13. The minimum absolute atomic E-state index is 0.145. The van der Waals surface area contributed by atoms with E-state index in [1.54, 1.807) is 43.5 Å². The molecule has 3 aromatic rings. The van der Waals surface area contributed by atoms with Gasteiger partial charge in [-0.2, -0.15) is 10.2 Å². The van der Waals surface area contributed by atoms with Gasteiger partial charge in [0.2, 0.25) is 0 Å². The maximum absolute atomic E-state index is 12.5. The summed E-state index contributed by atoms with van der Waals surface area (Å²) in [6.45, 7) is 4.36. The summed E-state index contributed by atoms with van der Waals surface area (Å²) in [6.07, 6.45) is 2.37. The maximum Gasteiger partial charge on any atom is 0.358 e. The number of carbonyl (C=O) groups is 2. The third-order valence-corrected chi connectivity index (χ3v) is 3.98. The molecule has 1 aromatic carbocycles. The molecule has 0 fully saturated rings. The van der Waals surface area contributed by atoms with Crippen molar-refractivity contribution in [3.05, 3.63) is 70.4 Å². The van der Waals surface area contributed by atoms with E-state index in [-0.39, 0.29) is 23.6 Å². The van der Waals surface area contributed by atoms with E-state index in [9.17, 15) is 14.4 Å². The number of nitrogens with zero attached hydrogens (tertiary/aromatic N) is 4. The maximum atomic E-state index is 12.5. The molecule has 9 heteroatoms. The van der Waals surface area contributed by atoms with E-state index in [2.05, 4.69) is 15.5 Å². The highest BCUT2D eigenvalue weighted by molar-refractivity contribution is 6.02. The van der Waals surface area contributed by atoms with Crippen molar-refractivity contribution in [2.45, 2.75) is 26.8 Å². The molecule has 0 saturated heterocycles. The summed E-state index contributed by atoms with van der Waals surface area (Å²) in [7, 11) is 0. The van der Waals surface area contributed by atoms with Crippen LogP contribution in [-0.4, -0.2) is 38.0 Å². The van der Waals surface area contributed by atoms with E-state index < -0.39 is 11.9 Å². The van der Waals surface area contributed by atoms with Crippen molar-refractivity contribution in [1.29, 1.82) is 0 Å². The first-order chi connectivity index (χ1) is 14.0. The molecule has 0 atom stereocenters. The first-order valence-corrected chi connectivity index (χ1v) is 9.24. The Morgan fingerprint density at radius 2 is 1.90 bits per heavy atom. The van der Waals surface area contributed by atoms with Gasteiger partial charge in [0.1, 0.15) is 5.69 Å². The number of ether oxygens (including phenoxy) is 1. The van der Waals surface area contributed by atoms with Gasteiger partial charge in [-0.25, -0.2) is 14.2 Å². The largest absolute Gasteiger partial charge is 0.461 e. The topological polar surface area (TPSA) is 108 Å². The molecule has 0 aliphatic carbocycles. The smallest absolute Gasteiger partial charge is 0.358 e. The van der Waals surface area contributed by atoms with Crippen molar-refractivity contribution in [2.24, 2.45) is 0 Å². The number of benzene rings is 1. The van der Waals surface area contributed by atoms with Crippen LogP contribution in [-0.2, 0) is 11.3 Å². The normalized spacial score (nSPS) is 10.6. The lowest BCUT2D eigenvalue weighted by molar-refractivity contribution is 0.0519. The molecular formula is C20H21N5O4. The molecule has 150 valence electrons. The van der Waals surface area contributed by atoms with Crippen LogP contribution in [0.1, 0.15) is 41.2 Å².